The van der Waals surface area contributed by atoms with Crippen molar-refractivity contribution >= 4 is 21.9 Å². The predicted molar refractivity (Wildman–Crippen MR) is 108 cm³/mol. The van der Waals surface area contributed by atoms with Gasteiger partial charge in [-0.2, -0.15) is 4.72 Å². The summed E-state index contributed by atoms with van der Waals surface area (Å²) in [4.78, 5) is 25.0. The van der Waals surface area contributed by atoms with Gasteiger partial charge in [-0.25, -0.2) is 13.2 Å². The molecule has 0 spiro atoms. The minimum atomic E-state index is -3.91. The van der Waals surface area contributed by atoms with Crippen molar-refractivity contribution in [2.45, 2.75) is 51.1 Å². The molecule has 1 aromatic carbocycles. The summed E-state index contributed by atoms with van der Waals surface area (Å²) in [6.45, 7) is 10.8. The van der Waals surface area contributed by atoms with Gasteiger partial charge in [-0.3, -0.25) is 4.79 Å². The molecule has 0 aliphatic rings. The first kappa shape index (κ1) is 23.8. The van der Waals surface area contributed by atoms with E-state index in [1.54, 1.807) is 26.0 Å². The highest BCUT2D eigenvalue weighted by Crippen LogP contribution is 2.16. The van der Waals surface area contributed by atoms with Crippen molar-refractivity contribution < 1.29 is 22.7 Å². The van der Waals surface area contributed by atoms with Crippen molar-refractivity contribution in [3.8, 4) is 0 Å². The van der Waals surface area contributed by atoms with E-state index in [0.29, 0.717) is 6.42 Å². The third kappa shape index (κ3) is 6.17. The Bertz CT molecular complexity index is 789. The molecule has 2 N–H and O–H groups in total. The summed E-state index contributed by atoms with van der Waals surface area (Å²) in [7, 11) is -2.69. The minimum absolute atomic E-state index is 0.0724. The number of carbonyl (C=O) groups excluding carboxylic acids is 2. The molecule has 0 bridgehead atoms. The van der Waals surface area contributed by atoms with Crippen LogP contribution in [0.2, 0.25) is 0 Å². The number of hydrogen-bond acceptors (Lipinski definition) is 5. The van der Waals surface area contributed by atoms with E-state index in [2.05, 4.69) is 16.6 Å². The van der Waals surface area contributed by atoms with Gasteiger partial charge in [-0.1, -0.05) is 51.0 Å². The Balaban J connectivity index is 3.13. The summed E-state index contributed by atoms with van der Waals surface area (Å²) < 4.78 is 32.7. The van der Waals surface area contributed by atoms with Gasteiger partial charge in [0.2, 0.25) is 15.9 Å². The van der Waals surface area contributed by atoms with Crippen molar-refractivity contribution in [1.29, 1.82) is 0 Å². The third-order valence-electron chi connectivity index (χ3n) is 4.76. The van der Waals surface area contributed by atoms with E-state index in [4.69, 9.17) is 4.74 Å². The van der Waals surface area contributed by atoms with Gasteiger partial charge in [0.1, 0.15) is 12.1 Å². The van der Waals surface area contributed by atoms with Gasteiger partial charge in [0.25, 0.3) is 0 Å². The van der Waals surface area contributed by atoms with E-state index in [9.17, 15) is 18.0 Å². The average molecular weight is 411 g/mol. The molecule has 1 amide bonds. The van der Waals surface area contributed by atoms with Gasteiger partial charge in [0, 0.05) is 5.92 Å². The quantitative estimate of drug-likeness (QED) is 0.455. The second kappa shape index (κ2) is 10.4. The highest BCUT2D eigenvalue weighted by Gasteiger charge is 2.34. The Morgan fingerprint density at radius 3 is 2.21 bits per heavy atom. The number of sulfonamides is 1. The Labute approximate surface area is 167 Å². The first-order chi connectivity index (χ1) is 13.1. The monoisotopic (exact) mass is 410 g/mol. The van der Waals surface area contributed by atoms with Crippen LogP contribution < -0.4 is 10.0 Å². The molecule has 0 unspecified atom stereocenters. The van der Waals surface area contributed by atoms with Gasteiger partial charge in [0.15, 0.2) is 0 Å². The van der Waals surface area contributed by atoms with Crippen LogP contribution in [0, 0.1) is 18.8 Å². The molecule has 28 heavy (non-hydrogen) atoms. The van der Waals surface area contributed by atoms with Crippen LogP contribution >= 0.6 is 0 Å². The molecule has 0 saturated carbocycles. The van der Waals surface area contributed by atoms with Crippen LogP contribution in [0.15, 0.2) is 41.8 Å². The van der Waals surface area contributed by atoms with Crippen molar-refractivity contribution in [3.63, 3.8) is 0 Å². The molecular weight excluding hydrogens is 380 g/mol. The molecule has 0 radical (unpaired) electrons. The number of ether oxygens (including phenoxy) is 1. The molecule has 0 aliphatic heterocycles. The SMILES string of the molecule is C=C[C@@H](C)[C@@H](NC(=O)[C@@H](NS(=O)(=O)c1ccc(C)cc1)[C@@H](C)CC)C(=O)OC. The zero-order valence-electron chi connectivity index (χ0n) is 17.1. The summed E-state index contributed by atoms with van der Waals surface area (Å²) in [5.74, 6) is -1.89. The summed E-state index contributed by atoms with van der Waals surface area (Å²) in [6, 6.07) is 4.35. The molecule has 0 heterocycles. The normalized spacial score (nSPS) is 15.8. The molecule has 156 valence electrons. The van der Waals surface area contributed by atoms with Gasteiger partial charge >= 0.3 is 5.97 Å². The van der Waals surface area contributed by atoms with Crippen molar-refractivity contribution in [3.05, 3.63) is 42.5 Å². The molecular formula is C20H30N2O5S. The molecule has 1 rings (SSSR count). The van der Waals surface area contributed by atoms with E-state index in [-0.39, 0.29) is 16.7 Å². The van der Waals surface area contributed by atoms with Crippen LogP contribution in [0.4, 0.5) is 0 Å². The lowest BCUT2D eigenvalue weighted by Crippen LogP contribution is -2.55. The van der Waals surface area contributed by atoms with Crippen molar-refractivity contribution in [2.75, 3.05) is 7.11 Å². The number of aryl methyl sites for hydroxylation is 1. The van der Waals surface area contributed by atoms with Crippen LogP contribution in [-0.4, -0.2) is 39.5 Å². The maximum absolute atomic E-state index is 12.9. The minimum Gasteiger partial charge on any atom is -0.467 e. The highest BCUT2D eigenvalue weighted by atomic mass is 32.2. The van der Waals surface area contributed by atoms with Crippen molar-refractivity contribution in [2.24, 2.45) is 11.8 Å². The predicted octanol–water partition coefficient (Wildman–Crippen LogP) is 2.17. The van der Waals surface area contributed by atoms with Gasteiger partial charge in [-0.15, -0.1) is 6.58 Å². The first-order valence-corrected chi connectivity index (χ1v) is 10.6. The Morgan fingerprint density at radius 2 is 1.75 bits per heavy atom. The molecule has 7 nitrogen and oxygen atoms in total. The molecule has 0 aromatic heterocycles. The first-order valence-electron chi connectivity index (χ1n) is 9.17. The van der Waals surface area contributed by atoms with Crippen LogP contribution in [0.1, 0.15) is 32.8 Å². The molecule has 0 aliphatic carbocycles. The van der Waals surface area contributed by atoms with Crippen molar-refractivity contribution in [1.82, 2.24) is 10.0 Å². The Kier molecular flexibility index (Phi) is 8.84. The number of methoxy groups -OCH3 is 1. The topological polar surface area (TPSA) is 102 Å². The van der Waals surface area contributed by atoms with Crippen LogP contribution in [0.5, 0.6) is 0 Å². The fourth-order valence-electron chi connectivity index (χ4n) is 2.53. The smallest absolute Gasteiger partial charge is 0.328 e. The summed E-state index contributed by atoms with van der Waals surface area (Å²) in [5, 5.41) is 2.61. The van der Waals surface area contributed by atoms with E-state index >= 15 is 0 Å². The van der Waals surface area contributed by atoms with Gasteiger partial charge in [-0.05, 0) is 25.0 Å². The fraction of sp³-hybridized carbons (Fsp3) is 0.500. The Morgan fingerprint density at radius 1 is 1.18 bits per heavy atom. The van der Waals surface area contributed by atoms with Crippen LogP contribution in [0.25, 0.3) is 0 Å². The number of hydrogen-bond donors (Lipinski definition) is 2. The van der Waals surface area contributed by atoms with E-state index in [1.165, 1.54) is 25.3 Å². The largest absolute Gasteiger partial charge is 0.467 e. The summed E-state index contributed by atoms with van der Waals surface area (Å²) in [5.41, 5.74) is 0.925. The van der Waals surface area contributed by atoms with Crippen LogP contribution in [0.3, 0.4) is 0 Å². The zero-order valence-corrected chi connectivity index (χ0v) is 17.9. The maximum Gasteiger partial charge on any atom is 0.328 e. The lowest BCUT2D eigenvalue weighted by atomic mass is 9.97. The van der Waals surface area contributed by atoms with Crippen LogP contribution in [-0.2, 0) is 24.3 Å². The second-order valence-electron chi connectivity index (χ2n) is 6.90. The zero-order chi connectivity index (χ0) is 21.5. The highest BCUT2D eigenvalue weighted by molar-refractivity contribution is 7.89. The van der Waals surface area contributed by atoms with Gasteiger partial charge in [0.05, 0.1) is 12.0 Å². The molecule has 0 fully saturated rings. The lowest BCUT2D eigenvalue weighted by molar-refractivity contribution is -0.146. The molecule has 0 saturated heterocycles. The van der Waals surface area contributed by atoms with Gasteiger partial charge < -0.3 is 10.1 Å². The second-order valence-corrected chi connectivity index (χ2v) is 8.62. The van der Waals surface area contributed by atoms with E-state index in [0.717, 1.165) is 5.56 Å². The number of esters is 1. The number of rotatable bonds is 10. The summed E-state index contributed by atoms with van der Waals surface area (Å²) >= 11 is 0. The summed E-state index contributed by atoms with van der Waals surface area (Å²) in [6.07, 6.45) is 2.09. The number of nitrogens with one attached hydrogen (secondary N) is 2. The third-order valence-corrected chi connectivity index (χ3v) is 6.22. The number of amides is 1. The average Bonchev–Trinajstić information content (AvgIpc) is 2.68. The molecule has 1 aromatic rings. The number of benzene rings is 1. The standard InChI is InChI=1S/C20H30N2O5S/c1-7-14(4)17(19(23)21-18(15(5)8-2)20(24)27-6)22-28(25,26)16-11-9-13(3)10-12-16/h8-12,14-15,17-18,22H,2,7H2,1,3-6H3,(H,21,23)/t14-,15+,17-,18+/m0/s1. The van der Waals surface area contributed by atoms with E-state index in [1.807, 2.05) is 13.8 Å². The maximum atomic E-state index is 12.9. The van der Waals surface area contributed by atoms with E-state index < -0.39 is 34.0 Å². The fourth-order valence-corrected chi connectivity index (χ4v) is 3.83. The Hall–Kier alpha value is -2.19. The lowest BCUT2D eigenvalue weighted by Gasteiger charge is -2.27. The molecule has 4 atom stereocenters. The molecule has 8 heteroatoms. The number of carbonyl (C=O) groups is 2.